The topological polar surface area (TPSA) is 169 Å². The van der Waals surface area contributed by atoms with Gasteiger partial charge in [-0.05, 0) is 49.9 Å². The van der Waals surface area contributed by atoms with Crippen molar-refractivity contribution in [1.82, 2.24) is 20.3 Å². The van der Waals surface area contributed by atoms with Gasteiger partial charge in [-0.2, -0.15) is 15.0 Å². The highest BCUT2D eigenvalue weighted by Crippen LogP contribution is 2.23. The molecule has 226 valence electrons. The number of nitrogens with zero attached hydrogens (tertiary/aromatic N) is 3. The molecule has 42 heavy (non-hydrogen) atoms. The van der Waals surface area contributed by atoms with Crippen LogP contribution in [0.5, 0.6) is 0 Å². The van der Waals surface area contributed by atoms with E-state index in [9.17, 15) is 14.3 Å². The molecule has 1 aliphatic rings. The predicted octanol–water partition coefficient (Wildman–Crippen LogP) is 2.80. The van der Waals surface area contributed by atoms with Crippen LogP contribution >= 0.6 is 0 Å². The van der Waals surface area contributed by atoms with Gasteiger partial charge in [-0.3, -0.25) is 4.79 Å². The van der Waals surface area contributed by atoms with Crippen LogP contribution in [0.4, 0.5) is 27.9 Å². The van der Waals surface area contributed by atoms with Crippen molar-refractivity contribution in [3.05, 3.63) is 65.5 Å². The number of carbonyl (C=O) groups is 1. The Hall–Kier alpha value is -3.91. The highest BCUT2D eigenvalue weighted by molar-refractivity contribution is 5.95. The summed E-state index contributed by atoms with van der Waals surface area (Å²) >= 11 is 0. The highest BCUT2D eigenvalue weighted by Gasteiger charge is 2.20. The molecular formula is C29H39FN8O4. The Bertz CT molecular complexity index is 1280. The zero-order chi connectivity index (χ0) is 29.6. The van der Waals surface area contributed by atoms with Crippen LogP contribution in [0, 0.1) is 5.82 Å². The molecule has 12 nitrogen and oxygen atoms in total. The standard InChI is InChI=1S/C29H39FN8O4/c30-25-7-2-1-4-21(25)19-33-27-36-28(34-22-8-10-24(39)11-9-22)38-29(37-27)35-23-6-3-5-20(18-23)26(40)32-13-15-42-17-16-41-14-12-31/h1-7,18,22,24,39H,8-17,19,31H2,(H,32,40)(H3,33,34,35,36,37,38). The van der Waals surface area contributed by atoms with Crippen molar-refractivity contribution >= 4 is 29.4 Å². The van der Waals surface area contributed by atoms with Crippen molar-refractivity contribution in [2.24, 2.45) is 5.73 Å². The number of anilines is 4. The van der Waals surface area contributed by atoms with E-state index in [0.717, 1.165) is 12.8 Å². The number of aliphatic hydroxyl groups excluding tert-OH is 1. The van der Waals surface area contributed by atoms with Gasteiger partial charge in [-0.25, -0.2) is 4.39 Å². The summed E-state index contributed by atoms with van der Waals surface area (Å²) in [5, 5.41) is 22.3. The first-order valence-corrected chi connectivity index (χ1v) is 14.2. The molecule has 0 atom stereocenters. The fourth-order valence-electron chi connectivity index (χ4n) is 4.41. The summed E-state index contributed by atoms with van der Waals surface area (Å²) in [7, 11) is 0. The highest BCUT2D eigenvalue weighted by atomic mass is 19.1. The number of nitrogens with two attached hydrogens (primary N) is 1. The number of nitrogens with one attached hydrogen (secondary N) is 4. The maximum Gasteiger partial charge on any atom is 0.251 e. The molecule has 2 aromatic carbocycles. The van der Waals surface area contributed by atoms with E-state index in [1.54, 1.807) is 42.5 Å². The summed E-state index contributed by atoms with van der Waals surface area (Å²) < 4.78 is 24.9. The van der Waals surface area contributed by atoms with E-state index in [0.29, 0.717) is 75.1 Å². The Kier molecular flexibility index (Phi) is 12.2. The largest absolute Gasteiger partial charge is 0.393 e. The number of ether oxygens (including phenoxy) is 2. The van der Waals surface area contributed by atoms with Gasteiger partial charge in [0, 0.05) is 42.5 Å². The normalized spacial score (nSPS) is 16.5. The lowest BCUT2D eigenvalue weighted by molar-refractivity contribution is 0.0511. The first-order valence-electron chi connectivity index (χ1n) is 14.2. The molecule has 0 saturated heterocycles. The summed E-state index contributed by atoms with van der Waals surface area (Å²) in [5.41, 5.74) is 6.91. The quantitative estimate of drug-likeness (QED) is 0.137. The first-order chi connectivity index (χ1) is 20.5. The second-order valence-corrected chi connectivity index (χ2v) is 9.88. The number of aliphatic hydroxyl groups is 1. The molecule has 1 aromatic heterocycles. The molecule has 0 bridgehead atoms. The third kappa shape index (κ3) is 10.2. The zero-order valence-corrected chi connectivity index (χ0v) is 23.5. The number of benzene rings is 2. The molecule has 13 heteroatoms. The van der Waals surface area contributed by atoms with Gasteiger partial charge in [0.1, 0.15) is 5.82 Å². The molecule has 0 unspecified atom stereocenters. The molecule has 1 saturated carbocycles. The van der Waals surface area contributed by atoms with Crippen LogP contribution in [0.15, 0.2) is 48.5 Å². The molecule has 0 aliphatic heterocycles. The van der Waals surface area contributed by atoms with Crippen LogP contribution in [0.2, 0.25) is 0 Å². The summed E-state index contributed by atoms with van der Waals surface area (Å²) in [4.78, 5) is 26.2. The molecule has 1 fully saturated rings. The third-order valence-electron chi connectivity index (χ3n) is 6.61. The molecular weight excluding hydrogens is 543 g/mol. The zero-order valence-electron chi connectivity index (χ0n) is 23.5. The fraction of sp³-hybridized carbons (Fsp3) is 0.448. The number of halogens is 1. The minimum absolute atomic E-state index is 0.109. The maximum atomic E-state index is 14.2. The van der Waals surface area contributed by atoms with Gasteiger partial charge in [0.25, 0.3) is 5.91 Å². The smallest absolute Gasteiger partial charge is 0.251 e. The molecule has 3 aromatic rings. The Morgan fingerprint density at radius 3 is 2.45 bits per heavy atom. The van der Waals surface area contributed by atoms with Crippen LogP contribution in [0.3, 0.4) is 0 Å². The molecule has 1 aliphatic carbocycles. The minimum Gasteiger partial charge on any atom is -0.393 e. The predicted molar refractivity (Wildman–Crippen MR) is 158 cm³/mol. The number of aromatic nitrogens is 3. The first kappa shape index (κ1) is 31.0. The maximum absolute atomic E-state index is 14.2. The molecule has 4 rings (SSSR count). The third-order valence-corrected chi connectivity index (χ3v) is 6.61. The van der Waals surface area contributed by atoms with Crippen molar-refractivity contribution < 1.29 is 23.8 Å². The van der Waals surface area contributed by atoms with Crippen molar-refractivity contribution in [2.75, 3.05) is 55.5 Å². The van der Waals surface area contributed by atoms with Crippen LogP contribution < -0.4 is 27.0 Å². The van der Waals surface area contributed by atoms with E-state index < -0.39 is 0 Å². The molecule has 0 spiro atoms. The number of rotatable bonds is 16. The average Bonchev–Trinajstić information content (AvgIpc) is 2.99. The summed E-state index contributed by atoms with van der Waals surface area (Å²) in [5.74, 6) is 0.298. The second kappa shape index (κ2) is 16.5. The number of carbonyl (C=O) groups excluding carboxylic acids is 1. The Balaban J connectivity index is 1.39. The van der Waals surface area contributed by atoms with E-state index >= 15 is 0 Å². The van der Waals surface area contributed by atoms with Gasteiger partial charge in [-0.15, -0.1) is 0 Å². The lowest BCUT2D eigenvalue weighted by atomic mass is 9.93. The van der Waals surface area contributed by atoms with Crippen molar-refractivity contribution in [3.63, 3.8) is 0 Å². The summed E-state index contributed by atoms with van der Waals surface area (Å²) in [6.45, 7) is 2.74. The molecule has 1 amide bonds. The van der Waals surface area contributed by atoms with E-state index in [1.807, 2.05) is 0 Å². The van der Waals surface area contributed by atoms with Crippen LogP contribution in [0.1, 0.15) is 41.6 Å². The van der Waals surface area contributed by atoms with Gasteiger partial charge in [0.2, 0.25) is 17.8 Å². The van der Waals surface area contributed by atoms with Crippen molar-refractivity contribution in [1.29, 1.82) is 0 Å². The Morgan fingerprint density at radius 1 is 0.929 bits per heavy atom. The Labute approximate surface area is 244 Å². The van der Waals surface area contributed by atoms with Gasteiger partial charge >= 0.3 is 0 Å². The molecule has 0 radical (unpaired) electrons. The summed E-state index contributed by atoms with van der Waals surface area (Å²) in [6, 6.07) is 13.6. The number of hydrogen-bond donors (Lipinski definition) is 6. The van der Waals surface area contributed by atoms with E-state index in [4.69, 9.17) is 15.2 Å². The van der Waals surface area contributed by atoms with Crippen LogP contribution in [0.25, 0.3) is 0 Å². The monoisotopic (exact) mass is 582 g/mol. The number of amides is 1. The van der Waals surface area contributed by atoms with Gasteiger partial charge in [-0.1, -0.05) is 24.3 Å². The van der Waals surface area contributed by atoms with Crippen molar-refractivity contribution in [2.45, 2.75) is 44.4 Å². The minimum atomic E-state index is -0.324. The molecule has 1 heterocycles. The van der Waals surface area contributed by atoms with Gasteiger partial charge < -0.3 is 41.6 Å². The number of hydrogen-bond acceptors (Lipinski definition) is 11. The van der Waals surface area contributed by atoms with Crippen LogP contribution in [-0.2, 0) is 16.0 Å². The van der Waals surface area contributed by atoms with E-state index in [1.165, 1.54) is 6.07 Å². The fourth-order valence-corrected chi connectivity index (χ4v) is 4.41. The van der Waals surface area contributed by atoms with Gasteiger partial charge in [0.05, 0.1) is 32.5 Å². The second-order valence-electron chi connectivity index (χ2n) is 9.88. The van der Waals surface area contributed by atoms with E-state index in [-0.39, 0.29) is 42.3 Å². The van der Waals surface area contributed by atoms with E-state index in [2.05, 4.69) is 36.2 Å². The molecule has 7 N–H and O–H groups in total. The van der Waals surface area contributed by atoms with Crippen molar-refractivity contribution in [3.8, 4) is 0 Å². The van der Waals surface area contributed by atoms with Crippen LogP contribution in [-0.4, -0.2) is 77.6 Å². The average molecular weight is 583 g/mol. The van der Waals surface area contributed by atoms with Gasteiger partial charge in [0.15, 0.2) is 0 Å². The summed E-state index contributed by atoms with van der Waals surface area (Å²) in [6.07, 6.45) is 2.71. The SMILES string of the molecule is NCCOCCOCCNC(=O)c1cccc(Nc2nc(NCc3ccccc3F)nc(NC3CCC(O)CC3)n2)c1. The lowest BCUT2D eigenvalue weighted by Gasteiger charge is -2.26. The Morgan fingerprint density at radius 2 is 1.67 bits per heavy atom. The lowest BCUT2D eigenvalue weighted by Crippen LogP contribution is -2.29.